The quantitative estimate of drug-likeness (QED) is 0.519. The minimum absolute atomic E-state index is 0.132. The molecule has 2 aromatic rings. The number of hydrogen-bond acceptors (Lipinski definition) is 4. The highest BCUT2D eigenvalue weighted by atomic mass is 16.5. The topological polar surface area (TPSA) is 41.9 Å². The normalized spacial score (nSPS) is 15.5. The Labute approximate surface area is 199 Å². The summed E-state index contributed by atoms with van der Waals surface area (Å²) in [5.41, 5.74) is 5.70. The van der Waals surface area contributed by atoms with Crippen LogP contribution in [0.1, 0.15) is 61.3 Å². The van der Waals surface area contributed by atoms with Gasteiger partial charge in [0.25, 0.3) is 0 Å². The van der Waals surface area contributed by atoms with Gasteiger partial charge in [-0.2, -0.15) is 0 Å². The molecule has 4 nitrogen and oxygen atoms in total. The van der Waals surface area contributed by atoms with E-state index in [1.165, 1.54) is 62.9 Å². The summed E-state index contributed by atoms with van der Waals surface area (Å²) in [6.07, 6.45) is 10.8. The summed E-state index contributed by atoms with van der Waals surface area (Å²) < 4.78 is 5.20. The molecule has 176 valence electrons. The van der Waals surface area contributed by atoms with Crippen molar-refractivity contribution in [1.82, 2.24) is 4.90 Å². The number of allylic oxidation sites excluding steroid dienone is 2. The molecule has 2 aliphatic rings. The van der Waals surface area contributed by atoms with Gasteiger partial charge in [-0.1, -0.05) is 43.7 Å². The monoisotopic (exact) mass is 446 g/mol. The van der Waals surface area contributed by atoms with Crippen molar-refractivity contribution in [3.8, 4) is 5.75 Å². The van der Waals surface area contributed by atoms with Crippen molar-refractivity contribution in [1.29, 1.82) is 0 Å². The van der Waals surface area contributed by atoms with E-state index in [1.54, 1.807) is 19.4 Å². The molecule has 4 heteroatoms. The van der Waals surface area contributed by atoms with Gasteiger partial charge in [0.1, 0.15) is 5.75 Å². The summed E-state index contributed by atoms with van der Waals surface area (Å²) >= 11 is 0. The van der Waals surface area contributed by atoms with Crippen molar-refractivity contribution in [2.75, 3.05) is 26.7 Å². The molecule has 2 aromatic carbocycles. The number of methoxy groups -OCH3 is 1. The Bertz CT molecular complexity index is 971. The first-order valence-electron chi connectivity index (χ1n) is 12.3. The number of fused-ring (bicyclic) bond motifs is 1. The number of nitrogens with zero attached hydrogens (tertiary/aromatic N) is 2. The molecule has 0 amide bonds. The third-order valence-corrected chi connectivity index (χ3v) is 6.47. The van der Waals surface area contributed by atoms with E-state index < -0.39 is 0 Å². The molecular formula is C29H38N2O2. The summed E-state index contributed by atoms with van der Waals surface area (Å²) in [4.78, 5) is 18.8. The van der Waals surface area contributed by atoms with E-state index in [-0.39, 0.29) is 5.78 Å². The number of aliphatic imine (C=N–C) groups is 1. The predicted molar refractivity (Wildman–Crippen MR) is 138 cm³/mol. The van der Waals surface area contributed by atoms with Crippen molar-refractivity contribution < 1.29 is 9.53 Å². The van der Waals surface area contributed by atoms with Crippen molar-refractivity contribution in [3.63, 3.8) is 0 Å². The summed E-state index contributed by atoms with van der Waals surface area (Å²) in [6, 6.07) is 14.5. The van der Waals surface area contributed by atoms with Crippen molar-refractivity contribution in [2.45, 2.75) is 58.9 Å². The number of ketones is 1. The smallest absolute Gasteiger partial charge is 0.163 e. The van der Waals surface area contributed by atoms with E-state index in [0.29, 0.717) is 13.0 Å². The van der Waals surface area contributed by atoms with Crippen LogP contribution >= 0.6 is 0 Å². The van der Waals surface area contributed by atoms with Crippen molar-refractivity contribution in [3.05, 3.63) is 70.8 Å². The van der Waals surface area contributed by atoms with Gasteiger partial charge in [0.15, 0.2) is 5.78 Å². The van der Waals surface area contributed by atoms with Crippen LogP contribution in [0.25, 0.3) is 5.57 Å². The molecule has 0 atom stereocenters. The lowest BCUT2D eigenvalue weighted by atomic mass is 9.95. The fourth-order valence-corrected chi connectivity index (χ4v) is 4.44. The van der Waals surface area contributed by atoms with Crippen LogP contribution in [0, 0.1) is 6.92 Å². The Kier molecular flexibility index (Phi) is 9.89. The molecule has 0 N–H and O–H groups in total. The van der Waals surface area contributed by atoms with Gasteiger partial charge in [-0.3, -0.25) is 9.79 Å². The van der Waals surface area contributed by atoms with Crippen LogP contribution in [-0.4, -0.2) is 43.6 Å². The molecule has 4 rings (SSSR count). The lowest BCUT2D eigenvalue weighted by Gasteiger charge is -2.26. The molecule has 0 spiro atoms. The molecule has 0 bridgehead atoms. The number of rotatable bonds is 7. The average molecular weight is 447 g/mol. The highest BCUT2D eigenvalue weighted by Gasteiger charge is 2.16. The van der Waals surface area contributed by atoms with Gasteiger partial charge in [-0.15, -0.1) is 0 Å². The van der Waals surface area contributed by atoms with Gasteiger partial charge in [-0.25, -0.2) is 0 Å². The minimum atomic E-state index is 0.132. The van der Waals surface area contributed by atoms with Crippen LogP contribution in [0.3, 0.4) is 0 Å². The van der Waals surface area contributed by atoms with E-state index in [9.17, 15) is 4.79 Å². The fourth-order valence-electron chi connectivity index (χ4n) is 4.44. The molecule has 0 unspecified atom stereocenters. The Morgan fingerprint density at radius 2 is 1.88 bits per heavy atom. The van der Waals surface area contributed by atoms with E-state index in [4.69, 9.17) is 4.74 Å². The number of hydrogen-bond donors (Lipinski definition) is 0. The number of Topliss-reactive ketones (excluding diaryl/α,β-unsaturated/α-hetero) is 1. The number of aryl methyl sites for hydroxylation is 2. The Morgan fingerprint density at radius 3 is 2.61 bits per heavy atom. The van der Waals surface area contributed by atoms with Gasteiger partial charge in [0.2, 0.25) is 0 Å². The van der Waals surface area contributed by atoms with E-state index in [0.717, 1.165) is 22.4 Å². The molecule has 0 saturated carbocycles. The molecule has 1 saturated heterocycles. The van der Waals surface area contributed by atoms with Crippen LogP contribution < -0.4 is 4.74 Å². The van der Waals surface area contributed by atoms with E-state index in [1.807, 2.05) is 25.1 Å². The molecule has 1 fully saturated rings. The Balaban J connectivity index is 0.000000186. The lowest BCUT2D eigenvalue weighted by Crippen LogP contribution is -2.30. The number of carbonyl (C=O) groups excluding carboxylic acids is 1. The number of piperidine rings is 1. The molecular weight excluding hydrogens is 408 g/mol. The highest BCUT2D eigenvalue weighted by molar-refractivity contribution is 6.23. The molecule has 2 aliphatic heterocycles. The van der Waals surface area contributed by atoms with Gasteiger partial charge in [0, 0.05) is 18.2 Å². The van der Waals surface area contributed by atoms with Crippen LogP contribution in [0.15, 0.2) is 53.5 Å². The predicted octanol–water partition coefficient (Wildman–Crippen LogP) is 6.06. The molecule has 2 heterocycles. The summed E-state index contributed by atoms with van der Waals surface area (Å²) in [5.74, 6) is 0.897. The zero-order valence-electron chi connectivity index (χ0n) is 20.5. The third kappa shape index (κ3) is 7.40. The third-order valence-electron chi connectivity index (χ3n) is 6.47. The van der Waals surface area contributed by atoms with Gasteiger partial charge >= 0.3 is 0 Å². The highest BCUT2D eigenvalue weighted by Crippen LogP contribution is 2.27. The Morgan fingerprint density at radius 1 is 1.09 bits per heavy atom. The van der Waals surface area contributed by atoms with Crippen LogP contribution in [0.2, 0.25) is 0 Å². The van der Waals surface area contributed by atoms with Crippen LogP contribution in [0.5, 0.6) is 5.75 Å². The molecule has 0 aliphatic carbocycles. The molecule has 0 aromatic heterocycles. The number of likely N-dealkylation sites (tertiary alicyclic amines) is 1. The second-order valence-electron chi connectivity index (χ2n) is 8.80. The van der Waals surface area contributed by atoms with Gasteiger partial charge < -0.3 is 9.64 Å². The summed E-state index contributed by atoms with van der Waals surface area (Å²) in [7, 11) is 1.62. The van der Waals surface area contributed by atoms with Gasteiger partial charge in [-0.05, 0) is 92.7 Å². The number of carbonyl (C=O) groups is 1. The Hall–Kier alpha value is -2.72. The van der Waals surface area contributed by atoms with E-state index in [2.05, 4.69) is 41.1 Å². The van der Waals surface area contributed by atoms with Crippen molar-refractivity contribution in [2.24, 2.45) is 4.99 Å². The zero-order chi connectivity index (χ0) is 23.5. The van der Waals surface area contributed by atoms with E-state index >= 15 is 0 Å². The largest absolute Gasteiger partial charge is 0.497 e. The minimum Gasteiger partial charge on any atom is -0.497 e. The van der Waals surface area contributed by atoms with Gasteiger partial charge in [0.05, 0.1) is 13.7 Å². The molecule has 0 radical (unpaired) electrons. The van der Waals surface area contributed by atoms with Crippen LogP contribution in [0.4, 0.5) is 0 Å². The maximum absolute atomic E-state index is 11.9. The summed E-state index contributed by atoms with van der Waals surface area (Å²) in [5, 5.41) is 0. The first-order valence-corrected chi connectivity index (χ1v) is 12.3. The maximum Gasteiger partial charge on any atom is 0.163 e. The van der Waals surface area contributed by atoms with Crippen molar-refractivity contribution >= 4 is 17.6 Å². The summed E-state index contributed by atoms with van der Waals surface area (Å²) in [6.45, 7) is 8.63. The van der Waals surface area contributed by atoms with Crippen LogP contribution in [-0.2, 0) is 17.8 Å². The average Bonchev–Trinajstić information content (AvgIpc) is 3.08. The second kappa shape index (κ2) is 13.1. The first kappa shape index (κ1) is 24.9. The lowest BCUT2D eigenvalue weighted by molar-refractivity contribution is -0.113. The second-order valence-corrected chi connectivity index (χ2v) is 8.80. The number of ether oxygens (including phenoxy) is 1. The standard InChI is InChI=1S/C15H23N.C14H15NO2/c1-14-8-3-4-9-15(14)10-7-13-16-11-5-2-6-12-16;1-3-14(16)12-6-7-15-9-10-4-5-11(17-2)8-13(10)12/h3-4,8-9H,2,5-7,10-13H2,1H3;4-8H,3,9H2,1-2H3. The maximum atomic E-state index is 11.9. The zero-order valence-corrected chi connectivity index (χ0v) is 20.5. The number of benzene rings is 2. The SMILES string of the molecule is CCC(=O)C1=CC=NCc2ccc(OC)cc21.Cc1ccccc1CCCN1CCCCC1. The fraction of sp³-hybridized carbons (Fsp3) is 0.448. The molecule has 33 heavy (non-hydrogen) atoms. The first-order chi connectivity index (χ1) is 16.1.